The number of aryl methyl sites for hydroxylation is 1. The number of aliphatic hydroxyl groups excluding tert-OH is 2. The minimum Gasteiger partial charge on any atom is -0.393 e. The molecule has 3 N–H and O–H groups in total. The summed E-state index contributed by atoms with van der Waals surface area (Å²) in [6.07, 6.45) is -1.01. The van der Waals surface area contributed by atoms with E-state index in [0.29, 0.717) is 0 Å². The van der Waals surface area contributed by atoms with Crippen LogP contribution < -0.4 is 11.2 Å². The Kier molecular flexibility index (Phi) is 3.64. The number of aliphatic hydroxyl groups is 2. The molecule has 0 bridgehead atoms. The quantitative estimate of drug-likeness (QED) is 0.373. The Balaban J connectivity index is 2.43. The highest BCUT2D eigenvalue weighted by atomic mass is 16.6. The fourth-order valence-electron chi connectivity index (χ4n) is 2.05. The first kappa shape index (κ1) is 14.3. The monoisotopic (exact) mass is 283 g/mol. The molecule has 0 saturated carbocycles. The fourth-order valence-corrected chi connectivity index (χ4v) is 2.05. The second kappa shape index (κ2) is 5.10. The largest absolute Gasteiger partial charge is 0.393 e. The third-order valence-electron chi connectivity index (χ3n) is 3.18. The number of H-pyrrole nitrogens is 1. The highest BCUT2D eigenvalue weighted by Gasteiger charge is 2.48. The van der Waals surface area contributed by atoms with Crippen LogP contribution in [0.2, 0.25) is 0 Å². The molecule has 1 fully saturated rings. The van der Waals surface area contributed by atoms with Gasteiger partial charge in [0.15, 0.2) is 5.72 Å². The minimum absolute atomic E-state index is 0.0645. The molecule has 20 heavy (non-hydrogen) atoms. The van der Waals surface area contributed by atoms with Crippen LogP contribution in [-0.2, 0) is 4.74 Å². The molecule has 2 heterocycles. The van der Waals surface area contributed by atoms with Gasteiger partial charge < -0.3 is 14.9 Å². The van der Waals surface area contributed by atoms with Crippen LogP contribution in [0, 0.1) is 6.92 Å². The molecular formula is C10H13N5O5. The number of azide groups is 1. The maximum atomic E-state index is 11.7. The zero-order valence-corrected chi connectivity index (χ0v) is 10.6. The van der Waals surface area contributed by atoms with E-state index >= 15 is 0 Å². The van der Waals surface area contributed by atoms with Crippen molar-refractivity contribution in [2.75, 3.05) is 6.61 Å². The van der Waals surface area contributed by atoms with Crippen LogP contribution in [0.3, 0.4) is 0 Å². The van der Waals surface area contributed by atoms with Gasteiger partial charge in [-0.1, -0.05) is 5.11 Å². The molecule has 3 atom stereocenters. The van der Waals surface area contributed by atoms with Crippen molar-refractivity contribution in [3.05, 3.63) is 43.0 Å². The second-order valence-electron chi connectivity index (χ2n) is 4.50. The van der Waals surface area contributed by atoms with Gasteiger partial charge in [-0.15, -0.1) is 0 Å². The topological polar surface area (TPSA) is 153 Å². The molecule has 0 radical (unpaired) electrons. The van der Waals surface area contributed by atoms with Gasteiger partial charge in [-0.2, -0.15) is 0 Å². The Bertz CT molecular complexity index is 675. The molecule has 0 aliphatic carbocycles. The Hall–Kier alpha value is -2.13. The zero-order chi connectivity index (χ0) is 14.9. The van der Waals surface area contributed by atoms with E-state index < -0.39 is 35.9 Å². The van der Waals surface area contributed by atoms with E-state index in [4.69, 9.17) is 10.3 Å². The summed E-state index contributed by atoms with van der Waals surface area (Å²) in [5.74, 6) is 0. The van der Waals surface area contributed by atoms with Gasteiger partial charge in [-0.3, -0.25) is 14.3 Å². The first-order chi connectivity index (χ1) is 9.43. The molecule has 10 nitrogen and oxygen atoms in total. The van der Waals surface area contributed by atoms with Crippen LogP contribution in [0.15, 0.2) is 20.9 Å². The van der Waals surface area contributed by atoms with Crippen molar-refractivity contribution < 1.29 is 14.9 Å². The number of nitrogens with one attached hydrogen (secondary N) is 1. The first-order valence-corrected chi connectivity index (χ1v) is 5.78. The summed E-state index contributed by atoms with van der Waals surface area (Å²) < 4.78 is 6.41. The number of hydrogen-bond acceptors (Lipinski definition) is 6. The second-order valence-corrected chi connectivity index (χ2v) is 4.50. The molecular weight excluding hydrogens is 270 g/mol. The summed E-state index contributed by atoms with van der Waals surface area (Å²) in [6, 6.07) is 0. The molecule has 108 valence electrons. The van der Waals surface area contributed by atoms with Crippen LogP contribution >= 0.6 is 0 Å². The van der Waals surface area contributed by atoms with Crippen molar-refractivity contribution in [3.63, 3.8) is 0 Å². The molecule has 1 unspecified atom stereocenters. The van der Waals surface area contributed by atoms with Gasteiger partial charge in [0.05, 0.1) is 12.7 Å². The lowest BCUT2D eigenvalue weighted by molar-refractivity contribution is -0.124. The molecule has 1 aliphatic rings. The van der Waals surface area contributed by atoms with Crippen molar-refractivity contribution in [2.24, 2.45) is 5.11 Å². The molecule has 1 aromatic rings. The van der Waals surface area contributed by atoms with E-state index in [-0.39, 0.29) is 12.0 Å². The molecule has 1 saturated heterocycles. The standard InChI is InChI=1S/C10H13N5O5/c1-5-3-15(9(19)12-8(5)18)7-2-6(17)10(4-16,20-7)13-14-11/h3,6-7,16-17H,2,4H2,1H3,(H,12,18,19)/t6-,7+,10?/m0/s1. The average Bonchev–Trinajstić information content (AvgIpc) is 2.72. The summed E-state index contributed by atoms with van der Waals surface area (Å²) in [6.45, 7) is 0.776. The van der Waals surface area contributed by atoms with Crippen molar-refractivity contribution in [1.82, 2.24) is 9.55 Å². The van der Waals surface area contributed by atoms with Gasteiger partial charge >= 0.3 is 5.69 Å². The van der Waals surface area contributed by atoms with E-state index in [1.807, 2.05) is 0 Å². The van der Waals surface area contributed by atoms with Crippen LogP contribution in [-0.4, -0.2) is 38.2 Å². The Morgan fingerprint density at radius 1 is 1.70 bits per heavy atom. The van der Waals surface area contributed by atoms with Crippen LogP contribution in [0.25, 0.3) is 10.4 Å². The Labute approximate surface area is 111 Å². The lowest BCUT2D eigenvalue weighted by Gasteiger charge is -2.24. The Morgan fingerprint density at radius 3 is 3.00 bits per heavy atom. The van der Waals surface area contributed by atoms with Gasteiger partial charge in [0.25, 0.3) is 5.56 Å². The molecule has 0 aromatic carbocycles. The smallest absolute Gasteiger partial charge is 0.330 e. The third kappa shape index (κ3) is 2.21. The molecule has 0 spiro atoms. The third-order valence-corrected chi connectivity index (χ3v) is 3.18. The minimum atomic E-state index is -1.83. The normalized spacial score (nSPS) is 29.1. The van der Waals surface area contributed by atoms with Gasteiger partial charge in [0, 0.05) is 23.1 Å². The van der Waals surface area contributed by atoms with Gasteiger partial charge in [-0.05, 0) is 12.5 Å². The average molecular weight is 283 g/mol. The number of ether oxygens (including phenoxy) is 1. The summed E-state index contributed by atoms with van der Waals surface area (Å²) in [7, 11) is 0. The Morgan fingerprint density at radius 2 is 2.40 bits per heavy atom. The van der Waals surface area contributed by atoms with Gasteiger partial charge in [0.1, 0.15) is 6.23 Å². The van der Waals surface area contributed by atoms with Gasteiger partial charge in [0.2, 0.25) is 0 Å². The predicted molar refractivity (Wildman–Crippen MR) is 65.8 cm³/mol. The van der Waals surface area contributed by atoms with E-state index in [1.54, 1.807) is 0 Å². The first-order valence-electron chi connectivity index (χ1n) is 5.78. The lowest BCUT2D eigenvalue weighted by Crippen LogP contribution is -2.41. The summed E-state index contributed by atoms with van der Waals surface area (Å²) in [5, 5.41) is 22.4. The van der Waals surface area contributed by atoms with E-state index in [2.05, 4.69) is 15.0 Å². The fraction of sp³-hybridized carbons (Fsp3) is 0.600. The number of aromatic amines is 1. The van der Waals surface area contributed by atoms with Crippen LogP contribution in [0.5, 0.6) is 0 Å². The van der Waals surface area contributed by atoms with Crippen molar-refractivity contribution in [1.29, 1.82) is 0 Å². The van der Waals surface area contributed by atoms with Gasteiger partial charge in [-0.25, -0.2) is 4.79 Å². The van der Waals surface area contributed by atoms with E-state index in [1.165, 1.54) is 13.1 Å². The van der Waals surface area contributed by atoms with E-state index in [0.717, 1.165) is 4.57 Å². The molecule has 0 amide bonds. The van der Waals surface area contributed by atoms with Crippen molar-refractivity contribution in [3.8, 4) is 0 Å². The SMILES string of the molecule is Cc1cn([C@H]2C[C@H](O)C(CO)(N=[N+]=[N-])O2)c(=O)[nH]c1=O. The molecule has 1 aromatic heterocycles. The maximum absolute atomic E-state index is 11.7. The van der Waals surface area contributed by atoms with Crippen molar-refractivity contribution in [2.45, 2.75) is 31.4 Å². The summed E-state index contributed by atoms with van der Waals surface area (Å²) in [4.78, 5) is 27.6. The maximum Gasteiger partial charge on any atom is 0.330 e. The molecule has 2 rings (SSSR count). The number of hydrogen-bond donors (Lipinski definition) is 3. The van der Waals surface area contributed by atoms with E-state index in [9.17, 15) is 19.8 Å². The highest BCUT2D eigenvalue weighted by molar-refractivity contribution is 5.03. The van der Waals surface area contributed by atoms with Crippen LogP contribution in [0.1, 0.15) is 18.2 Å². The summed E-state index contributed by atoms with van der Waals surface area (Å²) >= 11 is 0. The van der Waals surface area contributed by atoms with Crippen molar-refractivity contribution >= 4 is 0 Å². The predicted octanol–water partition coefficient (Wildman–Crippen LogP) is -0.876. The highest BCUT2D eigenvalue weighted by Crippen LogP contribution is 2.37. The van der Waals surface area contributed by atoms with Crippen LogP contribution in [0.4, 0.5) is 0 Å². The number of rotatable bonds is 3. The number of nitrogens with zero attached hydrogens (tertiary/aromatic N) is 4. The molecule has 1 aliphatic heterocycles. The zero-order valence-electron chi connectivity index (χ0n) is 10.6. The molecule has 10 heteroatoms. The lowest BCUT2D eigenvalue weighted by atomic mass is 10.1. The number of aromatic nitrogens is 2. The summed E-state index contributed by atoms with van der Waals surface area (Å²) in [5.41, 5.74) is 5.69.